The molecule has 7 nitrogen and oxygen atoms in total. The molecule has 8 heteroatoms. The number of H-pyrrole nitrogens is 3. The van der Waals surface area contributed by atoms with E-state index >= 15 is 0 Å². The van der Waals surface area contributed by atoms with Crippen molar-refractivity contribution in [1.29, 1.82) is 0 Å². The van der Waals surface area contributed by atoms with Crippen molar-refractivity contribution in [3.05, 3.63) is 78.9 Å². The fraction of sp³-hybridized carbons (Fsp3) is 0.200. The summed E-state index contributed by atoms with van der Waals surface area (Å²) in [6.07, 6.45) is 6.16. The minimum absolute atomic E-state index is 0.309. The maximum absolute atomic E-state index is 14.7. The van der Waals surface area contributed by atoms with Crippen molar-refractivity contribution in [2.24, 2.45) is 0 Å². The van der Waals surface area contributed by atoms with Crippen LogP contribution in [0.25, 0.3) is 55.4 Å². The van der Waals surface area contributed by atoms with Gasteiger partial charge in [-0.15, -0.1) is 0 Å². The third-order valence-electron chi connectivity index (χ3n) is 7.37. The fourth-order valence-corrected chi connectivity index (χ4v) is 5.44. The summed E-state index contributed by atoms with van der Waals surface area (Å²) in [5.41, 5.74) is 7.43. The molecular weight excluding hydrogens is 479 g/mol. The Balaban J connectivity index is 1.23. The van der Waals surface area contributed by atoms with Crippen LogP contribution in [0.5, 0.6) is 5.75 Å². The molecule has 6 aromatic rings. The van der Waals surface area contributed by atoms with Gasteiger partial charge in [0.25, 0.3) is 0 Å². The molecule has 190 valence electrons. The van der Waals surface area contributed by atoms with Gasteiger partial charge in [-0.25, -0.2) is 4.39 Å². The third kappa shape index (κ3) is 4.22. The normalized spacial score (nSPS) is 14.1. The molecule has 0 atom stereocenters. The SMILES string of the molecule is Fc1cc(OCCN2CCCC2)cc(-c2cccc3[nH]c(-c4n[nH]c5ccc(-c6cn[nH]c6)cc45)cc23)c1. The van der Waals surface area contributed by atoms with Crippen LogP contribution < -0.4 is 4.74 Å². The number of rotatable bonds is 7. The Labute approximate surface area is 218 Å². The van der Waals surface area contributed by atoms with Crippen molar-refractivity contribution in [3.8, 4) is 39.4 Å². The summed E-state index contributed by atoms with van der Waals surface area (Å²) >= 11 is 0. The van der Waals surface area contributed by atoms with Gasteiger partial charge in [-0.05, 0) is 79.0 Å². The van der Waals surface area contributed by atoms with Crippen LogP contribution in [0.2, 0.25) is 0 Å². The first-order valence-electron chi connectivity index (χ1n) is 13.0. The number of halogens is 1. The van der Waals surface area contributed by atoms with E-state index in [-0.39, 0.29) is 5.82 Å². The quantitative estimate of drug-likeness (QED) is 0.234. The van der Waals surface area contributed by atoms with Crippen molar-refractivity contribution >= 4 is 21.8 Å². The first-order valence-corrected chi connectivity index (χ1v) is 13.0. The van der Waals surface area contributed by atoms with E-state index in [2.05, 4.69) is 42.4 Å². The number of nitrogens with one attached hydrogen (secondary N) is 3. The molecule has 0 amide bonds. The third-order valence-corrected chi connectivity index (χ3v) is 7.37. The summed E-state index contributed by atoms with van der Waals surface area (Å²) in [5, 5.41) is 16.7. The Morgan fingerprint density at radius 3 is 2.68 bits per heavy atom. The zero-order chi connectivity index (χ0) is 25.5. The summed E-state index contributed by atoms with van der Waals surface area (Å²) in [4.78, 5) is 5.91. The van der Waals surface area contributed by atoms with Gasteiger partial charge >= 0.3 is 0 Å². The molecule has 1 aliphatic heterocycles. The van der Waals surface area contributed by atoms with Crippen molar-refractivity contribution in [3.63, 3.8) is 0 Å². The highest BCUT2D eigenvalue weighted by atomic mass is 19.1. The highest BCUT2D eigenvalue weighted by molar-refractivity contribution is 6.02. The molecule has 3 aromatic heterocycles. The van der Waals surface area contributed by atoms with Gasteiger partial charge in [0.15, 0.2) is 0 Å². The van der Waals surface area contributed by atoms with E-state index in [9.17, 15) is 4.39 Å². The molecular formula is C30H27FN6O. The van der Waals surface area contributed by atoms with Crippen LogP contribution >= 0.6 is 0 Å². The molecule has 1 fully saturated rings. The van der Waals surface area contributed by atoms with E-state index in [1.54, 1.807) is 12.3 Å². The predicted octanol–water partition coefficient (Wildman–Crippen LogP) is 6.38. The van der Waals surface area contributed by atoms with Crippen LogP contribution in [0.3, 0.4) is 0 Å². The Kier molecular flexibility index (Phi) is 5.66. The predicted molar refractivity (Wildman–Crippen MR) is 148 cm³/mol. The largest absolute Gasteiger partial charge is 0.492 e. The Bertz CT molecular complexity index is 1730. The summed E-state index contributed by atoms with van der Waals surface area (Å²) in [6.45, 7) is 3.65. The average Bonchev–Trinajstić information content (AvgIpc) is 3.73. The number of fused-ring (bicyclic) bond motifs is 2. The molecule has 0 unspecified atom stereocenters. The molecule has 0 spiro atoms. The molecule has 7 rings (SSSR count). The number of aromatic amines is 3. The van der Waals surface area contributed by atoms with Crippen LogP contribution in [0, 0.1) is 5.82 Å². The van der Waals surface area contributed by atoms with Gasteiger partial charge in [-0.2, -0.15) is 10.2 Å². The van der Waals surface area contributed by atoms with Crippen molar-refractivity contribution in [2.45, 2.75) is 12.8 Å². The molecule has 1 aliphatic rings. The molecule has 3 aromatic carbocycles. The van der Waals surface area contributed by atoms with Gasteiger partial charge in [-0.1, -0.05) is 18.2 Å². The zero-order valence-corrected chi connectivity index (χ0v) is 20.8. The van der Waals surface area contributed by atoms with Gasteiger partial charge in [0.2, 0.25) is 0 Å². The second kappa shape index (κ2) is 9.46. The Morgan fingerprint density at radius 2 is 1.82 bits per heavy atom. The minimum atomic E-state index is -0.309. The molecule has 0 radical (unpaired) electrons. The smallest absolute Gasteiger partial charge is 0.127 e. The summed E-state index contributed by atoms with van der Waals surface area (Å²) in [6, 6.07) is 19.3. The Morgan fingerprint density at radius 1 is 0.895 bits per heavy atom. The monoisotopic (exact) mass is 506 g/mol. The van der Waals surface area contributed by atoms with Crippen LogP contribution in [-0.4, -0.2) is 56.5 Å². The summed E-state index contributed by atoms with van der Waals surface area (Å²) in [7, 11) is 0. The van der Waals surface area contributed by atoms with Gasteiger partial charge in [0.05, 0.1) is 17.4 Å². The lowest BCUT2D eigenvalue weighted by Gasteiger charge is -2.15. The first kappa shape index (κ1) is 22.7. The number of benzene rings is 3. The number of ether oxygens (including phenoxy) is 1. The van der Waals surface area contributed by atoms with Crippen LogP contribution in [0.1, 0.15) is 12.8 Å². The average molecular weight is 507 g/mol. The van der Waals surface area contributed by atoms with Crippen LogP contribution in [-0.2, 0) is 0 Å². The van der Waals surface area contributed by atoms with E-state index in [1.807, 2.05) is 42.6 Å². The number of likely N-dealkylation sites (tertiary alicyclic amines) is 1. The topological polar surface area (TPSA) is 85.6 Å². The molecule has 0 bridgehead atoms. The maximum Gasteiger partial charge on any atom is 0.127 e. The Hall–Kier alpha value is -4.43. The number of hydrogen-bond acceptors (Lipinski definition) is 4. The number of hydrogen-bond donors (Lipinski definition) is 3. The lowest BCUT2D eigenvalue weighted by atomic mass is 10.0. The molecule has 3 N–H and O–H groups in total. The fourth-order valence-electron chi connectivity index (χ4n) is 5.44. The second-order valence-electron chi connectivity index (χ2n) is 9.84. The van der Waals surface area contributed by atoms with Crippen LogP contribution in [0.15, 0.2) is 73.1 Å². The molecule has 0 aliphatic carbocycles. The van der Waals surface area contributed by atoms with E-state index < -0.39 is 0 Å². The molecule has 38 heavy (non-hydrogen) atoms. The number of aromatic nitrogens is 5. The van der Waals surface area contributed by atoms with Crippen molar-refractivity contribution in [2.75, 3.05) is 26.2 Å². The second-order valence-corrected chi connectivity index (χ2v) is 9.84. The van der Waals surface area contributed by atoms with Crippen molar-refractivity contribution < 1.29 is 9.13 Å². The lowest BCUT2D eigenvalue weighted by Crippen LogP contribution is -2.25. The molecule has 0 saturated carbocycles. The van der Waals surface area contributed by atoms with E-state index in [4.69, 9.17) is 4.74 Å². The van der Waals surface area contributed by atoms with E-state index in [0.717, 1.165) is 75.1 Å². The van der Waals surface area contributed by atoms with E-state index in [0.29, 0.717) is 12.4 Å². The maximum atomic E-state index is 14.7. The van der Waals surface area contributed by atoms with Gasteiger partial charge in [0.1, 0.15) is 23.9 Å². The van der Waals surface area contributed by atoms with Crippen molar-refractivity contribution in [1.82, 2.24) is 30.3 Å². The van der Waals surface area contributed by atoms with Gasteiger partial charge in [-0.3, -0.25) is 15.1 Å². The lowest BCUT2D eigenvalue weighted by molar-refractivity contribution is 0.237. The van der Waals surface area contributed by atoms with Crippen LogP contribution in [0.4, 0.5) is 4.39 Å². The highest BCUT2D eigenvalue weighted by Crippen LogP contribution is 2.36. The summed E-state index contributed by atoms with van der Waals surface area (Å²) in [5.74, 6) is 0.244. The van der Waals surface area contributed by atoms with Gasteiger partial charge in [0, 0.05) is 40.7 Å². The summed E-state index contributed by atoms with van der Waals surface area (Å²) < 4.78 is 20.6. The van der Waals surface area contributed by atoms with Gasteiger partial charge < -0.3 is 9.72 Å². The first-order chi connectivity index (χ1) is 18.7. The highest BCUT2D eigenvalue weighted by Gasteiger charge is 2.16. The number of nitrogens with zero attached hydrogens (tertiary/aromatic N) is 3. The zero-order valence-electron chi connectivity index (χ0n) is 20.8. The standard InChI is InChI=1S/C30H27FN6O/c31-22-12-20(13-23(15-22)38-11-10-37-8-1-2-9-37)24-4-3-5-27-25(24)16-29(34-27)30-26-14-19(21-17-32-33-18-21)6-7-28(26)35-36-30/h3-7,12-18,34H,1-2,8-11H2,(H,32,33)(H,35,36). The van der Waals surface area contributed by atoms with E-state index in [1.165, 1.54) is 18.9 Å². The molecule has 1 saturated heterocycles. The minimum Gasteiger partial charge on any atom is -0.492 e. The molecule has 4 heterocycles.